The Morgan fingerprint density at radius 3 is 2.83 bits per heavy atom. The molecule has 9 heteroatoms. The molecule has 1 fully saturated rings. The summed E-state index contributed by atoms with van der Waals surface area (Å²) in [4.78, 5) is 38.6. The summed E-state index contributed by atoms with van der Waals surface area (Å²) in [5.41, 5.74) is 0.392. The number of unbranched alkanes of at least 4 members (excludes halogenated alkanes) is 1. The molecular weight excluding hydrogens is 406 g/mol. The second-order valence-corrected chi connectivity index (χ2v) is 7.62. The third kappa shape index (κ3) is 6.98. The lowest BCUT2D eigenvalue weighted by Crippen LogP contribution is -2.60. The van der Waals surface area contributed by atoms with E-state index in [0.717, 1.165) is 12.8 Å². The SMILES string of the molecule is CCCCOc1cccc(C(=O)NC(=S)N2CCNC(=O)C2CC(=O)OC(C)C)c1. The molecule has 1 saturated heterocycles. The van der Waals surface area contributed by atoms with E-state index in [1.54, 1.807) is 43.0 Å². The van der Waals surface area contributed by atoms with Crippen LogP contribution in [0.4, 0.5) is 0 Å². The minimum Gasteiger partial charge on any atom is -0.494 e. The van der Waals surface area contributed by atoms with Gasteiger partial charge < -0.3 is 19.7 Å². The average molecular weight is 436 g/mol. The standard InChI is InChI=1S/C21H29N3O5S/c1-4-5-11-28-16-8-6-7-15(12-16)19(26)23-21(30)24-10-9-22-20(27)17(24)13-18(25)29-14(2)3/h6-8,12,14,17H,4-5,9-11,13H2,1-3H3,(H,22,27)(H,23,26,30). The van der Waals surface area contributed by atoms with Crippen molar-refractivity contribution in [3.63, 3.8) is 0 Å². The summed E-state index contributed by atoms with van der Waals surface area (Å²) in [6.07, 6.45) is 1.51. The maximum atomic E-state index is 12.7. The van der Waals surface area contributed by atoms with Gasteiger partial charge in [0.15, 0.2) is 5.11 Å². The number of nitrogens with one attached hydrogen (secondary N) is 2. The first-order valence-corrected chi connectivity index (χ1v) is 10.5. The van der Waals surface area contributed by atoms with Crippen LogP contribution in [-0.4, -0.2) is 59.6 Å². The highest BCUT2D eigenvalue weighted by atomic mass is 32.1. The second-order valence-electron chi connectivity index (χ2n) is 7.23. The van der Waals surface area contributed by atoms with Gasteiger partial charge in [-0.15, -0.1) is 0 Å². The zero-order valence-electron chi connectivity index (χ0n) is 17.6. The Bertz CT molecular complexity index is 784. The van der Waals surface area contributed by atoms with Gasteiger partial charge in [-0.05, 0) is 50.7 Å². The van der Waals surface area contributed by atoms with Crippen LogP contribution in [0.1, 0.15) is 50.4 Å². The summed E-state index contributed by atoms with van der Waals surface area (Å²) in [7, 11) is 0. The third-order valence-corrected chi connectivity index (χ3v) is 4.74. The molecule has 0 spiro atoms. The Balaban J connectivity index is 2.03. The molecule has 1 aliphatic heterocycles. The molecule has 0 bridgehead atoms. The molecule has 1 aromatic rings. The Morgan fingerprint density at radius 1 is 1.37 bits per heavy atom. The van der Waals surface area contributed by atoms with Gasteiger partial charge >= 0.3 is 5.97 Å². The highest BCUT2D eigenvalue weighted by Gasteiger charge is 2.34. The molecule has 1 atom stereocenters. The fourth-order valence-electron chi connectivity index (χ4n) is 2.93. The van der Waals surface area contributed by atoms with Crippen LogP contribution < -0.4 is 15.4 Å². The lowest BCUT2D eigenvalue weighted by molar-refractivity contribution is -0.150. The molecule has 0 aliphatic carbocycles. The lowest BCUT2D eigenvalue weighted by atomic mass is 10.1. The van der Waals surface area contributed by atoms with Gasteiger partial charge in [-0.2, -0.15) is 0 Å². The number of amides is 2. The van der Waals surface area contributed by atoms with Gasteiger partial charge in [0.25, 0.3) is 5.91 Å². The number of esters is 1. The smallest absolute Gasteiger partial charge is 0.308 e. The Labute approximate surface area is 182 Å². The Morgan fingerprint density at radius 2 is 2.13 bits per heavy atom. The zero-order chi connectivity index (χ0) is 22.1. The van der Waals surface area contributed by atoms with E-state index in [1.807, 2.05) is 0 Å². The predicted octanol–water partition coefficient (Wildman–Crippen LogP) is 2.02. The largest absolute Gasteiger partial charge is 0.494 e. The summed E-state index contributed by atoms with van der Waals surface area (Å²) >= 11 is 5.37. The fourth-order valence-corrected chi connectivity index (χ4v) is 3.24. The molecule has 1 heterocycles. The van der Waals surface area contributed by atoms with E-state index in [-0.39, 0.29) is 23.5 Å². The summed E-state index contributed by atoms with van der Waals surface area (Å²) in [6.45, 7) is 6.88. The van der Waals surface area contributed by atoms with Crippen LogP contribution in [0.3, 0.4) is 0 Å². The first-order valence-electron chi connectivity index (χ1n) is 10.1. The molecular formula is C21H29N3O5S. The Hall–Kier alpha value is -2.68. The molecule has 0 radical (unpaired) electrons. The molecule has 2 rings (SSSR count). The van der Waals surface area contributed by atoms with Crippen LogP contribution in [0.2, 0.25) is 0 Å². The molecule has 0 aromatic heterocycles. The van der Waals surface area contributed by atoms with Gasteiger partial charge in [-0.25, -0.2) is 0 Å². The van der Waals surface area contributed by atoms with Gasteiger partial charge in [0.05, 0.1) is 19.1 Å². The average Bonchev–Trinajstić information content (AvgIpc) is 2.69. The lowest BCUT2D eigenvalue weighted by Gasteiger charge is -2.36. The van der Waals surface area contributed by atoms with Crippen molar-refractivity contribution in [2.24, 2.45) is 0 Å². The molecule has 1 aliphatic rings. The number of rotatable bonds is 8. The van der Waals surface area contributed by atoms with Crippen LogP contribution in [-0.2, 0) is 14.3 Å². The summed E-state index contributed by atoms with van der Waals surface area (Å²) in [6, 6.07) is 5.99. The van der Waals surface area contributed by atoms with E-state index >= 15 is 0 Å². The van der Waals surface area contributed by atoms with Crippen LogP contribution >= 0.6 is 12.2 Å². The van der Waals surface area contributed by atoms with Crippen LogP contribution in [0.5, 0.6) is 5.75 Å². The monoisotopic (exact) mass is 435 g/mol. The van der Waals surface area contributed by atoms with Crippen molar-refractivity contribution in [3.05, 3.63) is 29.8 Å². The molecule has 30 heavy (non-hydrogen) atoms. The van der Waals surface area contributed by atoms with Crippen LogP contribution in [0.25, 0.3) is 0 Å². The zero-order valence-corrected chi connectivity index (χ0v) is 18.4. The summed E-state index contributed by atoms with van der Waals surface area (Å²) in [5.74, 6) is -0.628. The third-order valence-electron chi connectivity index (χ3n) is 4.40. The molecule has 2 amide bonds. The molecule has 1 aromatic carbocycles. The quantitative estimate of drug-likeness (QED) is 0.366. The minimum atomic E-state index is -0.832. The number of nitrogens with zero attached hydrogens (tertiary/aromatic N) is 1. The van der Waals surface area contributed by atoms with Crippen LogP contribution in [0, 0.1) is 0 Å². The molecule has 0 saturated carbocycles. The number of carbonyl (C=O) groups is 3. The highest BCUT2D eigenvalue weighted by molar-refractivity contribution is 7.80. The number of benzene rings is 1. The van der Waals surface area contributed by atoms with Gasteiger partial charge in [0, 0.05) is 18.7 Å². The van der Waals surface area contributed by atoms with E-state index in [0.29, 0.717) is 31.0 Å². The van der Waals surface area contributed by atoms with Crippen molar-refractivity contribution in [1.29, 1.82) is 0 Å². The van der Waals surface area contributed by atoms with Gasteiger partial charge in [-0.1, -0.05) is 19.4 Å². The summed E-state index contributed by atoms with van der Waals surface area (Å²) < 4.78 is 10.8. The predicted molar refractivity (Wildman–Crippen MR) is 116 cm³/mol. The molecule has 2 N–H and O–H groups in total. The van der Waals surface area contributed by atoms with E-state index in [2.05, 4.69) is 17.6 Å². The summed E-state index contributed by atoms with van der Waals surface area (Å²) in [5, 5.41) is 5.46. The van der Waals surface area contributed by atoms with Crippen LogP contribution in [0.15, 0.2) is 24.3 Å². The van der Waals surface area contributed by atoms with Crippen molar-refractivity contribution in [2.75, 3.05) is 19.7 Å². The first kappa shape index (κ1) is 23.6. The van der Waals surface area contributed by atoms with E-state index in [9.17, 15) is 14.4 Å². The van der Waals surface area contributed by atoms with Crippen molar-refractivity contribution in [3.8, 4) is 5.75 Å². The fraction of sp³-hybridized carbons (Fsp3) is 0.524. The Kier molecular flexibility index (Phi) is 9.04. The second kappa shape index (κ2) is 11.5. The van der Waals surface area contributed by atoms with Crippen molar-refractivity contribution in [2.45, 2.75) is 52.2 Å². The number of thiocarbonyl (C=S) groups is 1. The first-order chi connectivity index (χ1) is 14.3. The maximum Gasteiger partial charge on any atom is 0.308 e. The molecule has 164 valence electrons. The number of hydrogen-bond donors (Lipinski definition) is 2. The number of ether oxygens (including phenoxy) is 2. The van der Waals surface area contributed by atoms with E-state index in [4.69, 9.17) is 21.7 Å². The van der Waals surface area contributed by atoms with Gasteiger partial charge in [0.2, 0.25) is 5.91 Å². The highest BCUT2D eigenvalue weighted by Crippen LogP contribution is 2.15. The molecule has 8 nitrogen and oxygen atoms in total. The van der Waals surface area contributed by atoms with E-state index in [1.165, 1.54) is 0 Å². The van der Waals surface area contributed by atoms with E-state index < -0.39 is 17.9 Å². The van der Waals surface area contributed by atoms with Crippen molar-refractivity contribution >= 4 is 35.1 Å². The van der Waals surface area contributed by atoms with Crippen molar-refractivity contribution < 1.29 is 23.9 Å². The maximum absolute atomic E-state index is 12.7. The van der Waals surface area contributed by atoms with Gasteiger partial charge in [-0.3, -0.25) is 19.7 Å². The number of hydrogen-bond acceptors (Lipinski definition) is 6. The van der Waals surface area contributed by atoms with Crippen molar-refractivity contribution in [1.82, 2.24) is 15.5 Å². The number of carbonyl (C=O) groups excluding carboxylic acids is 3. The number of piperazine rings is 1. The molecule has 1 unspecified atom stereocenters. The van der Waals surface area contributed by atoms with Gasteiger partial charge in [0.1, 0.15) is 11.8 Å². The minimum absolute atomic E-state index is 0.0921. The topological polar surface area (TPSA) is 97.0 Å². The normalized spacial score (nSPS) is 16.1.